The third kappa shape index (κ3) is 3.45. The Balaban J connectivity index is 2.22. The second kappa shape index (κ2) is 6.54. The highest BCUT2D eigenvalue weighted by Gasteiger charge is 2.12. The van der Waals surface area contributed by atoms with Gasteiger partial charge in [0.15, 0.2) is 0 Å². The van der Waals surface area contributed by atoms with Gasteiger partial charge in [0, 0.05) is 9.26 Å². The van der Waals surface area contributed by atoms with Crippen LogP contribution in [-0.4, -0.2) is 5.71 Å². The molecule has 0 atom stereocenters. The van der Waals surface area contributed by atoms with Gasteiger partial charge in [0.25, 0.3) is 0 Å². The van der Waals surface area contributed by atoms with Gasteiger partial charge in [0.05, 0.1) is 5.71 Å². The molecule has 0 radical (unpaired) electrons. The second-order valence-electron chi connectivity index (χ2n) is 5.54. The molecule has 0 aromatic heterocycles. The fourth-order valence-corrected chi connectivity index (χ4v) is 2.92. The Morgan fingerprint density at radius 3 is 2.13 bits per heavy atom. The lowest BCUT2D eigenvalue weighted by molar-refractivity contribution is 1.39. The second-order valence-corrected chi connectivity index (χ2v) is 6.70. The van der Waals surface area contributed by atoms with Crippen molar-refractivity contribution in [3.63, 3.8) is 0 Å². The van der Waals surface area contributed by atoms with Crippen LogP contribution in [0.4, 0.5) is 5.69 Å². The fraction of sp³-hybridized carbons (Fsp3) is 0.0500. The van der Waals surface area contributed by atoms with Crippen molar-refractivity contribution in [3.05, 3.63) is 92.6 Å². The number of nitrogens with one attached hydrogen (secondary N) is 1. The molecule has 0 aliphatic heterocycles. The molecule has 0 amide bonds. The van der Waals surface area contributed by atoms with Crippen LogP contribution in [0.25, 0.3) is 5.57 Å². The van der Waals surface area contributed by atoms with Gasteiger partial charge < -0.3 is 11.1 Å². The summed E-state index contributed by atoms with van der Waals surface area (Å²) in [5.41, 5.74) is 12.9. The first-order chi connectivity index (χ1) is 11.0. The third-order valence-electron chi connectivity index (χ3n) is 3.82. The van der Waals surface area contributed by atoms with Crippen molar-refractivity contribution in [2.75, 3.05) is 5.73 Å². The number of halogens is 1. The summed E-state index contributed by atoms with van der Waals surface area (Å²) in [6, 6.07) is 14.4. The molecule has 114 valence electrons. The number of rotatable bonds is 2. The highest BCUT2D eigenvalue weighted by Crippen LogP contribution is 2.31. The van der Waals surface area contributed by atoms with Crippen molar-refractivity contribution in [1.29, 1.82) is 5.41 Å². The van der Waals surface area contributed by atoms with E-state index in [0.717, 1.165) is 22.4 Å². The number of benzene rings is 2. The van der Waals surface area contributed by atoms with Crippen molar-refractivity contribution in [1.82, 2.24) is 0 Å². The Labute approximate surface area is 150 Å². The highest BCUT2D eigenvalue weighted by atomic mass is 127. The SMILES string of the molecule is Cc1cc(C(=C2C=CC(=N)C=C2)c2ccc(N)cc2)ccc1I. The zero-order valence-electron chi connectivity index (χ0n) is 12.8. The van der Waals surface area contributed by atoms with E-state index < -0.39 is 0 Å². The zero-order valence-corrected chi connectivity index (χ0v) is 15.0. The average molecular weight is 412 g/mol. The summed E-state index contributed by atoms with van der Waals surface area (Å²) in [5.74, 6) is 0. The van der Waals surface area contributed by atoms with Crippen molar-refractivity contribution in [3.8, 4) is 0 Å². The van der Waals surface area contributed by atoms with Gasteiger partial charge >= 0.3 is 0 Å². The van der Waals surface area contributed by atoms with Crippen LogP contribution in [0.3, 0.4) is 0 Å². The Morgan fingerprint density at radius 1 is 0.913 bits per heavy atom. The normalized spacial score (nSPS) is 13.5. The number of anilines is 1. The van der Waals surface area contributed by atoms with E-state index in [1.54, 1.807) is 0 Å². The minimum atomic E-state index is 0.518. The number of hydrogen-bond acceptors (Lipinski definition) is 2. The van der Waals surface area contributed by atoms with E-state index in [0.29, 0.717) is 5.71 Å². The summed E-state index contributed by atoms with van der Waals surface area (Å²) in [6.45, 7) is 2.12. The highest BCUT2D eigenvalue weighted by molar-refractivity contribution is 14.1. The molecule has 2 nitrogen and oxygen atoms in total. The summed E-state index contributed by atoms with van der Waals surface area (Å²) in [7, 11) is 0. The number of nitrogen functional groups attached to an aromatic ring is 1. The van der Waals surface area contributed by atoms with Crippen molar-refractivity contribution in [2.45, 2.75) is 6.92 Å². The topological polar surface area (TPSA) is 49.9 Å². The Bertz CT molecular complexity index is 838. The quantitative estimate of drug-likeness (QED) is 0.522. The van der Waals surface area contributed by atoms with Crippen LogP contribution >= 0.6 is 22.6 Å². The Kier molecular flexibility index (Phi) is 4.48. The van der Waals surface area contributed by atoms with Crippen LogP contribution in [0.2, 0.25) is 0 Å². The maximum absolute atomic E-state index is 7.71. The lowest BCUT2D eigenvalue weighted by atomic mass is 9.90. The van der Waals surface area contributed by atoms with E-state index >= 15 is 0 Å². The number of aryl methyl sites for hydroxylation is 1. The summed E-state index contributed by atoms with van der Waals surface area (Å²) in [5, 5.41) is 7.71. The average Bonchev–Trinajstić information content (AvgIpc) is 2.55. The molecule has 23 heavy (non-hydrogen) atoms. The molecule has 3 heteroatoms. The van der Waals surface area contributed by atoms with Crippen LogP contribution in [0.15, 0.2) is 72.3 Å². The molecule has 0 saturated carbocycles. The molecule has 0 saturated heterocycles. The smallest absolute Gasteiger partial charge is 0.0540 e. The molecule has 0 heterocycles. The molecule has 3 N–H and O–H groups in total. The summed E-state index contributed by atoms with van der Waals surface area (Å²) in [6.07, 6.45) is 7.65. The van der Waals surface area contributed by atoms with Gasteiger partial charge in [-0.1, -0.05) is 36.4 Å². The molecule has 0 fully saturated rings. The molecule has 2 aromatic rings. The summed E-state index contributed by atoms with van der Waals surface area (Å²) >= 11 is 2.35. The molecule has 0 bridgehead atoms. The lowest BCUT2D eigenvalue weighted by Crippen LogP contribution is -1.98. The number of nitrogens with two attached hydrogens (primary N) is 1. The largest absolute Gasteiger partial charge is 0.399 e. The minimum absolute atomic E-state index is 0.518. The van der Waals surface area contributed by atoms with Crippen LogP contribution < -0.4 is 5.73 Å². The van der Waals surface area contributed by atoms with Gasteiger partial charge in [0.1, 0.15) is 0 Å². The van der Waals surface area contributed by atoms with Gasteiger partial charge in [-0.05, 0) is 87.7 Å². The molecular weight excluding hydrogens is 395 g/mol. The molecule has 1 aliphatic carbocycles. The van der Waals surface area contributed by atoms with Crippen molar-refractivity contribution >= 4 is 39.6 Å². The van der Waals surface area contributed by atoms with Gasteiger partial charge in [-0.15, -0.1) is 0 Å². The zero-order chi connectivity index (χ0) is 16.4. The lowest BCUT2D eigenvalue weighted by Gasteiger charge is -2.15. The van der Waals surface area contributed by atoms with Gasteiger partial charge in [-0.3, -0.25) is 0 Å². The van der Waals surface area contributed by atoms with Crippen LogP contribution in [0.1, 0.15) is 16.7 Å². The van der Waals surface area contributed by atoms with E-state index in [1.165, 1.54) is 14.7 Å². The van der Waals surface area contributed by atoms with E-state index in [4.69, 9.17) is 11.1 Å². The first kappa shape index (κ1) is 15.7. The molecule has 3 rings (SSSR count). The van der Waals surface area contributed by atoms with Crippen molar-refractivity contribution < 1.29 is 0 Å². The van der Waals surface area contributed by atoms with E-state index in [-0.39, 0.29) is 0 Å². The predicted molar refractivity (Wildman–Crippen MR) is 107 cm³/mol. The van der Waals surface area contributed by atoms with E-state index in [2.05, 4.69) is 47.7 Å². The Hall–Kier alpha value is -2.14. The minimum Gasteiger partial charge on any atom is -0.399 e. The van der Waals surface area contributed by atoms with Gasteiger partial charge in [-0.25, -0.2) is 0 Å². The number of hydrogen-bond donors (Lipinski definition) is 2. The first-order valence-corrected chi connectivity index (χ1v) is 8.44. The first-order valence-electron chi connectivity index (χ1n) is 7.36. The summed E-state index contributed by atoms with van der Waals surface area (Å²) < 4.78 is 1.25. The molecule has 2 aromatic carbocycles. The molecule has 0 spiro atoms. The maximum Gasteiger partial charge on any atom is 0.0540 e. The molecule has 0 unspecified atom stereocenters. The predicted octanol–water partition coefficient (Wildman–Crippen LogP) is 5.13. The van der Waals surface area contributed by atoms with Crippen LogP contribution in [0, 0.1) is 15.9 Å². The van der Waals surface area contributed by atoms with E-state index in [1.807, 2.05) is 48.6 Å². The molecular formula is C20H17IN2. The maximum atomic E-state index is 7.71. The monoisotopic (exact) mass is 412 g/mol. The number of allylic oxidation sites excluding steroid dienone is 5. The standard InChI is InChI=1S/C20H17IN2/c1-13-12-16(6-11-19(13)21)20(14-2-7-17(22)8-3-14)15-4-9-18(23)10-5-15/h2-12,22H,23H2,1H3. The van der Waals surface area contributed by atoms with E-state index in [9.17, 15) is 0 Å². The summed E-state index contributed by atoms with van der Waals surface area (Å²) in [4.78, 5) is 0. The van der Waals surface area contributed by atoms with Crippen molar-refractivity contribution in [2.24, 2.45) is 0 Å². The molecule has 1 aliphatic rings. The Morgan fingerprint density at radius 2 is 1.52 bits per heavy atom. The van der Waals surface area contributed by atoms with Gasteiger partial charge in [-0.2, -0.15) is 0 Å². The van der Waals surface area contributed by atoms with Crippen LogP contribution in [0.5, 0.6) is 0 Å². The third-order valence-corrected chi connectivity index (χ3v) is 5.03. The fourth-order valence-electron chi connectivity index (χ4n) is 2.59. The van der Waals surface area contributed by atoms with Crippen LogP contribution in [-0.2, 0) is 0 Å². The van der Waals surface area contributed by atoms with Gasteiger partial charge in [0.2, 0.25) is 0 Å².